The SMILES string of the molecule is CCOC(CC)(CC)c1nc(Cl)c(I)c(C2CCCC2)n1. The van der Waals surface area contributed by atoms with Gasteiger partial charge in [0.25, 0.3) is 0 Å². The summed E-state index contributed by atoms with van der Waals surface area (Å²) in [4.78, 5) is 9.48. The summed E-state index contributed by atoms with van der Waals surface area (Å²) in [5, 5.41) is 0.577. The van der Waals surface area contributed by atoms with Gasteiger partial charge in [0.2, 0.25) is 0 Å². The maximum atomic E-state index is 6.40. The van der Waals surface area contributed by atoms with E-state index >= 15 is 0 Å². The third-order valence-electron chi connectivity index (χ3n) is 4.55. The first kappa shape index (κ1) is 17.4. The Labute approximate surface area is 146 Å². The molecular weight excluding hydrogens is 399 g/mol. The third kappa shape index (κ3) is 3.53. The van der Waals surface area contributed by atoms with E-state index in [0.29, 0.717) is 17.7 Å². The van der Waals surface area contributed by atoms with Gasteiger partial charge in [-0.05, 0) is 55.2 Å². The van der Waals surface area contributed by atoms with Crippen LogP contribution in [-0.4, -0.2) is 16.6 Å². The van der Waals surface area contributed by atoms with Gasteiger partial charge in [-0.25, -0.2) is 9.97 Å². The van der Waals surface area contributed by atoms with Gasteiger partial charge in [-0.3, -0.25) is 0 Å². The van der Waals surface area contributed by atoms with Gasteiger partial charge >= 0.3 is 0 Å². The second-order valence-corrected chi connectivity index (χ2v) is 7.09. The topological polar surface area (TPSA) is 35.0 Å². The molecule has 1 aromatic rings. The summed E-state index contributed by atoms with van der Waals surface area (Å²) in [6, 6.07) is 0. The number of ether oxygens (including phenoxy) is 1. The monoisotopic (exact) mass is 422 g/mol. The van der Waals surface area contributed by atoms with Crippen LogP contribution >= 0.6 is 34.2 Å². The molecule has 1 aliphatic rings. The highest BCUT2D eigenvalue weighted by molar-refractivity contribution is 14.1. The molecule has 118 valence electrons. The summed E-state index contributed by atoms with van der Waals surface area (Å²) in [5.74, 6) is 1.30. The van der Waals surface area contributed by atoms with E-state index < -0.39 is 5.60 Å². The largest absolute Gasteiger partial charge is 0.367 e. The molecule has 0 saturated heterocycles. The molecule has 1 aliphatic carbocycles. The molecule has 1 fully saturated rings. The quantitative estimate of drug-likeness (QED) is 0.452. The Morgan fingerprint density at radius 1 is 1.19 bits per heavy atom. The molecule has 0 atom stereocenters. The fraction of sp³-hybridized carbons (Fsp3) is 0.750. The van der Waals surface area contributed by atoms with Crippen molar-refractivity contribution in [2.45, 2.75) is 70.8 Å². The number of aromatic nitrogens is 2. The number of rotatable bonds is 6. The van der Waals surface area contributed by atoms with Crippen LogP contribution in [0.2, 0.25) is 5.15 Å². The minimum absolute atomic E-state index is 0.407. The normalized spacial score (nSPS) is 16.6. The highest BCUT2D eigenvalue weighted by atomic mass is 127. The van der Waals surface area contributed by atoms with E-state index in [1.165, 1.54) is 25.7 Å². The number of hydrogen-bond donors (Lipinski definition) is 0. The lowest BCUT2D eigenvalue weighted by atomic mass is 9.95. The van der Waals surface area contributed by atoms with E-state index in [1.54, 1.807) is 0 Å². The Kier molecular flexibility index (Phi) is 6.26. The first-order chi connectivity index (χ1) is 10.1. The molecule has 0 radical (unpaired) electrons. The van der Waals surface area contributed by atoms with E-state index in [4.69, 9.17) is 21.3 Å². The highest BCUT2D eigenvalue weighted by Crippen LogP contribution is 2.39. The maximum absolute atomic E-state index is 6.40. The van der Waals surface area contributed by atoms with Crippen LogP contribution in [0.1, 0.15) is 76.7 Å². The fourth-order valence-electron chi connectivity index (χ4n) is 3.22. The van der Waals surface area contributed by atoms with Gasteiger partial charge in [0.05, 0.1) is 9.26 Å². The van der Waals surface area contributed by atoms with Gasteiger partial charge in [0.1, 0.15) is 10.8 Å². The van der Waals surface area contributed by atoms with Gasteiger partial charge in [-0.15, -0.1) is 0 Å². The first-order valence-electron chi connectivity index (χ1n) is 7.95. The fourth-order valence-corrected chi connectivity index (χ4v) is 4.08. The van der Waals surface area contributed by atoms with Crippen molar-refractivity contribution in [2.24, 2.45) is 0 Å². The molecule has 0 bridgehead atoms. The second-order valence-electron chi connectivity index (χ2n) is 5.65. The molecule has 0 spiro atoms. The van der Waals surface area contributed by atoms with E-state index in [-0.39, 0.29) is 0 Å². The van der Waals surface area contributed by atoms with E-state index in [9.17, 15) is 0 Å². The van der Waals surface area contributed by atoms with Crippen molar-refractivity contribution in [2.75, 3.05) is 6.61 Å². The molecule has 0 N–H and O–H groups in total. The predicted molar refractivity (Wildman–Crippen MR) is 94.9 cm³/mol. The summed E-state index contributed by atoms with van der Waals surface area (Å²) in [6.45, 7) is 6.94. The third-order valence-corrected chi connectivity index (χ3v) is 6.20. The van der Waals surface area contributed by atoms with Crippen LogP contribution in [0.4, 0.5) is 0 Å². The van der Waals surface area contributed by atoms with Crippen molar-refractivity contribution in [3.63, 3.8) is 0 Å². The number of hydrogen-bond acceptors (Lipinski definition) is 3. The minimum atomic E-state index is -0.407. The van der Waals surface area contributed by atoms with E-state index in [2.05, 4.69) is 41.4 Å². The highest BCUT2D eigenvalue weighted by Gasteiger charge is 2.34. The molecule has 0 unspecified atom stereocenters. The Morgan fingerprint density at radius 2 is 1.81 bits per heavy atom. The molecular formula is C16H24ClIN2O. The summed E-state index contributed by atoms with van der Waals surface area (Å²) < 4.78 is 7.06. The summed E-state index contributed by atoms with van der Waals surface area (Å²) in [5.41, 5.74) is 0.727. The van der Waals surface area contributed by atoms with E-state index in [0.717, 1.165) is 27.9 Å². The average molecular weight is 423 g/mol. The molecule has 0 amide bonds. The number of halogens is 2. The smallest absolute Gasteiger partial charge is 0.162 e. The zero-order valence-electron chi connectivity index (χ0n) is 13.1. The van der Waals surface area contributed by atoms with Gasteiger partial charge in [0.15, 0.2) is 5.82 Å². The Balaban J connectivity index is 2.48. The van der Waals surface area contributed by atoms with Crippen molar-refractivity contribution in [3.05, 3.63) is 20.2 Å². The molecule has 0 aliphatic heterocycles. The van der Waals surface area contributed by atoms with E-state index in [1.807, 2.05) is 6.92 Å². The van der Waals surface area contributed by atoms with Crippen molar-refractivity contribution >= 4 is 34.2 Å². The summed E-state index contributed by atoms with van der Waals surface area (Å²) in [7, 11) is 0. The molecule has 0 aromatic carbocycles. The number of nitrogens with zero attached hydrogens (tertiary/aromatic N) is 2. The van der Waals surface area contributed by atoms with Gasteiger partial charge < -0.3 is 4.74 Å². The van der Waals surface area contributed by atoms with Crippen LogP contribution in [-0.2, 0) is 10.3 Å². The maximum Gasteiger partial charge on any atom is 0.162 e. The summed E-state index contributed by atoms with van der Waals surface area (Å²) in [6.07, 6.45) is 6.72. The summed E-state index contributed by atoms with van der Waals surface area (Å²) >= 11 is 8.69. The van der Waals surface area contributed by atoms with Crippen LogP contribution in [0, 0.1) is 3.57 Å². The minimum Gasteiger partial charge on any atom is -0.367 e. The van der Waals surface area contributed by atoms with Gasteiger partial charge in [-0.1, -0.05) is 38.3 Å². The molecule has 21 heavy (non-hydrogen) atoms. The molecule has 1 saturated carbocycles. The molecule has 1 aromatic heterocycles. The lowest BCUT2D eigenvalue weighted by molar-refractivity contribution is -0.0573. The zero-order valence-corrected chi connectivity index (χ0v) is 16.0. The van der Waals surface area contributed by atoms with Crippen LogP contribution in [0.5, 0.6) is 0 Å². The molecule has 3 nitrogen and oxygen atoms in total. The van der Waals surface area contributed by atoms with Gasteiger partial charge in [-0.2, -0.15) is 0 Å². The lowest BCUT2D eigenvalue weighted by Gasteiger charge is -2.31. The zero-order chi connectivity index (χ0) is 15.5. The second kappa shape index (κ2) is 7.55. The predicted octanol–water partition coefficient (Wildman–Crippen LogP) is 5.44. The molecule has 2 rings (SSSR count). The molecule has 1 heterocycles. The Morgan fingerprint density at radius 3 is 2.33 bits per heavy atom. The van der Waals surface area contributed by atoms with Crippen LogP contribution in [0.15, 0.2) is 0 Å². The van der Waals surface area contributed by atoms with Crippen LogP contribution < -0.4 is 0 Å². The average Bonchev–Trinajstić information content (AvgIpc) is 3.01. The molecule has 5 heteroatoms. The van der Waals surface area contributed by atoms with Crippen molar-refractivity contribution < 1.29 is 4.74 Å². The lowest BCUT2D eigenvalue weighted by Crippen LogP contribution is -2.31. The van der Waals surface area contributed by atoms with Crippen molar-refractivity contribution in [3.8, 4) is 0 Å². The van der Waals surface area contributed by atoms with Crippen LogP contribution in [0.3, 0.4) is 0 Å². The standard InChI is InChI=1S/C16H24ClIN2O/c1-4-16(5-2,21-6-3)15-19-13(11-9-7-8-10-11)12(18)14(17)20-15/h11H,4-10H2,1-3H3. The van der Waals surface area contributed by atoms with Crippen LogP contribution in [0.25, 0.3) is 0 Å². The Hall–Kier alpha value is 0.0600. The Bertz CT molecular complexity index is 485. The van der Waals surface area contributed by atoms with Crippen molar-refractivity contribution in [1.29, 1.82) is 0 Å². The first-order valence-corrected chi connectivity index (χ1v) is 9.41. The van der Waals surface area contributed by atoms with Gasteiger partial charge in [0, 0.05) is 12.5 Å². The van der Waals surface area contributed by atoms with Crippen molar-refractivity contribution in [1.82, 2.24) is 9.97 Å².